The summed E-state index contributed by atoms with van der Waals surface area (Å²) in [5, 5.41) is 0. The molecule has 0 aliphatic carbocycles. The highest BCUT2D eigenvalue weighted by Crippen LogP contribution is 2.29. The van der Waals surface area contributed by atoms with Crippen LogP contribution in [0.15, 0.2) is 30.3 Å². The van der Waals surface area contributed by atoms with E-state index in [2.05, 4.69) is 49.1 Å². The molecule has 2 N–H and O–H groups in total. The lowest BCUT2D eigenvalue weighted by Gasteiger charge is -2.43. The smallest absolute Gasteiger partial charge is 0.0233 e. The monoisotopic (exact) mass is 246 g/mol. The maximum absolute atomic E-state index is 6.54. The number of hydrogen-bond acceptors (Lipinski definition) is 2. The summed E-state index contributed by atoms with van der Waals surface area (Å²) in [6, 6.07) is 10.7. The third-order valence-electron chi connectivity index (χ3n) is 4.63. The molecule has 0 radical (unpaired) electrons. The summed E-state index contributed by atoms with van der Waals surface area (Å²) in [5.74, 6) is 0.636. The summed E-state index contributed by atoms with van der Waals surface area (Å²) < 4.78 is 0. The Balaban J connectivity index is 1.87. The first-order valence-electron chi connectivity index (χ1n) is 7.19. The molecule has 1 aliphatic rings. The van der Waals surface area contributed by atoms with Crippen LogP contribution in [0.1, 0.15) is 38.7 Å². The third kappa shape index (κ3) is 3.12. The molecule has 18 heavy (non-hydrogen) atoms. The van der Waals surface area contributed by atoms with Crippen LogP contribution in [0.3, 0.4) is 0 Å². The van der Waals surface area contributed by atoms with E-state index in [4.69, 9.17) is 5.73 Å². The maximum Gasteiger partial charge on any atom is 0.0233 e. The Hall–Kier alpha value is -0.860. The highest BCUT2D eigenvalue weighted by molar-refractivity contribution is 5.14. The van der Waals surface area contributed by atoms with E-state index in [0.29, 0.717) is 5.92 Å². The molecule has 0 spiro atoms. The van der Waals surface area contributed by atoms with Crippen molar-refractivity contribution in [3.8, 4) is 0 Å². The van der Waals surface area contributed by atoms with Crippen LogP contribution < -0.4 is 5.73 Å². The van der Waals surface area contributed by atoms with Crippen molar-refractivity contribution in [3.63, 3.8) is 0 Å². The van der Waals surface area contributed by atoms with Crippen molar-refractivity contribution in [1.29, 1.82) is 0 Å². The Bertz CT molecular complexity index is 353. The summed E-state index contributed by atoms with van der Waals surface area (Å²) >= 11 is 0. The molecule has 0 bridgehead atoms. The van der Waals surface area contributed by atoms with E-state index in [0.717, 1.165) is 32.5 Å². The fourth-order valence-electron chi connectivity index (χ4n) is 2.87. The second-order valence-corrected chi connectivity index (χ2v) is 5.80. The van der Waals surface area contributed by atoms with Crippen molar-refractivity contribution in [2.45, 2.75) is 45.2 Å². The van der Waals surface area contributed by atoms with E-state index < -0.39 is 0 Å². The second-order valence-electron chi connectivity index (χ2n) is 5.80. The largest absolute Gasteiger partial charge is 0.325 e. The fourth-order valence-corrected chi connectivity index (χ4v) is 2.87. The SMILES string of the molecule is CCC(C)C1(N)CCN(Cc2ccccc2)CC1. The minimum atomic E-state index is 0.0714. The molecule has 1 heterocycles. The summed E-state index contributed by atoms with van der Waals surface area (Å²) in [6.07, 6.45) is 3.46. The number of piperidine rings is 1. The predicted octanol–water partition coefficient (Wildman–Crippen LogP) is 3.03. The Labute approximate surface area is 111 Å². The van der Waals surface area contributed by atoms with Gasteiger partial charge in [0.25, 0.3) is 0 Å². The first-order valence-corrected chi connectivity index (χ1v) is 7.19. The van der Waals surface area contributed by atoms with E-state index in [1.54, 1.807) is 0 Å². The topological polar surface area (TPSA) is 29.3 Å². The fraction of sp³-hybridized carbons (Fsp3) is 0.625. The Kier molecular flexibility index (Phi) is 4.41. The highest BCUT2D eigenvalue weighted by atomic mass is 15.1. The van der Waals surface area contributed by atoms with Crippen molar-refractivity contribution < 1.29 is 0 Å². The minimum absolute atomic E-state index is 0.0714. The van der Waals surface area contributed by atoms with Gasteiger partial charge in [-0.15, -0.1) is 0 Å². The van der Waals surface area contributed by atoms with E-state index in [9.17, 15) is 0 Å². The van der Waals surface area contributed by atoms with E-state index >= 15 is 0 Å². The van der Waals surface area contributed by atoms with Crippen molar-refractivity contribution in [1.82, 2.24) is 4.90 Å². The molecule has 2 heteroatoms. The van der Waals surface area contributed by atoms with Crippen molar-refractivity contribution in [2.75, 3.05) is 13.1 Å². The Morgan fingerprint density at radius 1 is 1.22 bits per heavy atom. The molecule has 0 saturated carbocycles. The molecule has 100 valence electrons. The summed E-state index contributed by atoms with van der Waals surface area (Å²) in [7, 11) is 0. The van der Waals surface area contributed by atoms with Gasteiger partial charge in [-0.25, -0.2) is 0 Å². The number of benzene rings is 1. The van der Waals surface area contributed by atoms with Gasteiger partial charge >= 0.3 is 0 Å². The molecule has 1 saturated heterocycles. The lowest BCUT2D eigenvalue weighted by atomic mass is 9.77. The Morgan fingerprint density at radius 3 is 2.39 bits per heavy atom. The van der Waals surface area contributed by atoms with E-state index in [1.165, 1.54) is 12.0 Å². The number of rotatable bonds is 4. The normalized spacial score (nSPS) is 21.7. The van der Waals surface area contributed by atoms with Crippen LogP contribution in [0.25, 0.3) is 0 Å². The van der Waals surface area contributed by atoms with Crippen LogP contribution in [0, 0.1) is 5.92 Å². The lowest BCUT2D eigenvalue weighted by molar-refractivity contribution is 0.117. The van der Waals surface area contributed by atoms with Crippen LogP contribution >= 0.6 is 0 Å². The van der Waals surface area contributed by atoms with Crippen LogP contribution in [0.2, 0.25) is 0 Å². The molecule has 0 aromatic heterocycles. The average Bonchev–Trinajstić information content (AvgIpc) is 2.42. The molecule has 2 nitrogen and oxygen atoms in total. The second kappa shape index (κ2) is 5.85. The van der Waals surface area contributed by atoms with Gasteiger partial charge in [-0.1, -0.05) is 50.6 Å². The van der Waals surface area contributed by atoms with Crippen LogP contribution in [0.4, 0.5) is 0 Å². The molecule has 1 aromatic rings. The Morgan fingerprint density at radius 2 is 1.83 bits per heavy atom. The van der Waals surface area contributed by atoms with Gasteiger partial charge in [-0.3, -0.25) is 4.90 Å². The zero-order valence-electron chi connectivity index (χ0n) is 11.7. The minimum Gasteiger partial charge on any atom is -0.325 e. The van der Waals surface area contributed by atoms with E-state index in [1.807, 2.05) is 0 Å². The van der Waals surface area contributed by atoms with Crippen molar-refractivity contribution in [2.24, 2.45) is 11.7 Å². The number of hydrogen-bond donors (Lipinski definition) is 1. The molecule has 1 aliphatic heterocycles. The maximum atomic E-state index is 6.54. The van der Waals surface area contributed by atoms with Crippen molar-refractivity contribution >= 4 is 0 Å². The molecular weight excluding hydrogens is 220 g/mol. The molecule has 1 atom stereocenters. The molecule has 1 aromatic carbocycles. The van der Waals surface area contributed by atoms with Crippen molar-refractivity contribution in [3.05, 3.63) is 35.9 Å². The first kappa shape index (κ1) is 13.6. The van der Waals surface area contributed by atoms with Crippen LogP contribution in [-0.2, 0) is 6.54 Å². The van der Waals surface area contributed by atoms with Gasteiger partial charge < -0.3 is 5.73 Å². The first-order chi connectivity index (χ1) is 8.64. The summed E-state index contributed by atoms with van der Waals surface area (Å²) in [6.45, 7) is 7.88. The average molecular weight is 246 g/mol. The van der Waals surface area contributed by atoms with Gasteiger partial charge in [-0.2, -0.15) is 0 Å². The van der Waals surface area contributed by atoms with E-state index in [-0.39, 0.29) is 5.54 Å². The molecule has 2 rings (SSSR count). The van der Waals surface area contributed by atoms with Gasteiger partial charge in [0.2, 0.25) is 0 Å². The van der Waals surface area contributed by atoms with Gasteiger partial charge in [0, 0.05) is 25.2 Å². The molecule has 1 unspecified atom stereocenters. The number of nitrogens with two attached hydrogens (primary N) is 1. The van der Waals surface area contributed by atoms with Gasteiger partial charge in [0.1, 0.15) is 0 Å². The number of likely N-dealkylation sites (tertiary alicyclic amines) is 1. The quantitative estimate of drug-likeness (QED) is 0.885. The zero-order chi connectivity index (χ0) is 13.0. The molecule has 1 fully saturated rings. The van der Waals surface area contributed by atoms with Crippen LogP contribution in [-0.4, -0.2) is 23.5 Å². The standard InChI is InChI=1S/C16H26N2/c1-3-14(2)16(17)9-11-18(12-10-16)13-15-7-5-4-6-8-15/h4-8,14H,3,9-13,17H2,1-2H3. The number of nitrogens with zero attached hydrogens (tertiary/aromatic N) is 1. The highest BCUT2D eigenvalue weighted by Gasteiger charge is 2.34. The third-order valence-corrected chi connectivity index (χ3v) is 4.63. The van der Waals surface area contributed by atoms with Crippen LogP contribution in [0.5, 0.6) is 0 Å². The summed E-state index contributed by atoms with van der Waals surface area (Å²) in [4.78, 5) is 2.53. The zero-order valence-corrected chi connectivity index (χ0v) is 11.7. The lowest BCUT2D eigenvalue weighted by Crippen LogP contribution is -2.54. The predicted molar refractivity (Wildman–Crippen MR) is 77.3 cm³/mol. The molecular formula is C16H26N2. The van der Waals surface area contributed by atoms with Gasteiger partial charge in [-0.05, 0) is 24.3 Å². The van der Waals surface area contributed by atoms with Gasteiger partial charge in [0.15, 0.2) is 0 Å². The van der Waals surface area contributed by atoms with Gasteiger partial charge in [0.05, 0.1) is 0 Å². The molecule has 0 amide bonds. The summed E-state index contributed by atoms with van der Waals surface area (Å²) in [5.41, 5.74) is 8.02.